The van der Waals surface area contributed by atoms with Crippen LogP contribution < -0.4 is 5.32 Å². The van der Waals surface area contributed by atoms with E-state index in [-0.39, 0.29) is 19.1 Å². The minimum Gasteiger partial charge on any atom is -0.393 e. The summed E-state index contributed by atoms with van der Waals surface area (Å²) in [5.41, 5.74) is 0.0392. The van der Waals surface area contributed by atoms with Crippen molar-refractivity contribution < 1.29 is 15.0 Å². The number of carbonyl (C=O) groups is 1. The van der Waals surface area contributed by atoms with Crippen molar-refractivity contribution in [1.29, 1.82) is 0 Å². The SMILES string of the molecule is CC(O)(CO)CNC(=O)c1cc2c(s1)CCCC2. The Bertz CT molecular complexity index is 416. The van der Waals surface area contributed by atoms with Crippen molar-refractivity contribution in [1.82, 2.24) is 5.32 Å². The lowest BCUT2D eigenvalue weighted by Crippen LogP contribution is -2.43. The minimum atomic E-state index is -1.26. The molecule has 1 amide bonds. The summed E-state index contributed by atoms with van der Waals surface area (Å²) in [6.45, 7) is 1.19. The van der Waals surface area contributed by atoms with E-state index in [1.165, 1.54) is 30.2 Å². The Hall–Kier alpha value is -0.910. The number of fused-ring (bicyclic) bond motifs is 1. The number of aliphatic hydroxyl groups excluding tert-OH is 1. The van der Waals surface area contributed by atoms with Gasteiger partial charge < -0.3 is 15.5 Å². The Morgan fingerprint density at radius 3 is 2.89 bits per heavy atom. The van der Waals surface area contributed by atoms with E-state index in [0.29, 0.717) is 4.88 Å². The standard InChI is InChI=1S/C13H19NO3S/c1-13(17,8-15)7-14-12(16)11-6-9-4-2-3-5-10(9)18-11/h6,15,17H,2-5,7-8H2,1H3,(H,14,16). The van der Waals surface area contributed by atoms with Gasteiger partial charge in [-0.1, -0.05) is 0 Å². The van der Waals surface area contributed by atoms with Crippen molar-refractivity contribution in [2.75, 3.05) is 13.2 Å². The van der Waals surface area contributed by atoms with E-state index in [9.17, 15) is 9.90 Å². The van der Waals surface area contributed by atoms with E-state index in [0.717, 1.165) is 12.8 Å². The number of rotatable bonds is 4. The zero-order valence-corrected chi connectivity index (χ0v) is 11.3. The third kappa shape index (κ3) is 3.10. The van der Waals surface area contributed by atoms with E-state index in [2.05, 4.69) is 5.32 Å². The molecule has 5 heteroatoms. The quantitative estimate of drug-likeness (QED) is 0.766. The fraction of sp³-hybridized carbons (Fsp3) is 0.615. The summed E-state index contributed by atoms with van der Waals surface area (Å²) in [7, 11) is 0. The first kappa shape index (κ1) is 13.5. The molecule has 0 saturated heterocycles. The summed E-state index contributed by atoms with van der Waals surface area (Å²) < 4.78 is 0. The van der Waals surface area contributed by atoms with Gasteiger partial charge in [0, 0.05) is 11.4 Å². The van der Waals surface area contributed by atoms with Crippen LogP contribution in [0.2, 0.25) is 0 Å². The molecule has 1 unspecified atom stereocenters. The number of thiophene rings is 1. The van der Waals surface area contributed by atoms with E-state index in [1.807, 2.05) is 6.07 Å². The largest absolute Gasteiger partial charge is 0.393 e. The van der Waals surface area contributed by atoms with Gasteiger partial charge in [-0.3, -0.25) is 4.79 Å². The van der Waals surface area contributed by atoms with E-state index in [1.54, 1.807) is 11.3 Å². The Balaban J connectivity index is 1.99. The second-order valence-electron chi connectivity index (χ2n) is 5.10. The van der Waals surface area contributed by atoms with Crippen LogP contribution in [-0.2, 0) is 12.8 Å². The Morgan fingerprint density at radius 1 is 1.50 bits per heavy atom. The summed E-state index contributed by atoms with van der Waals surface area (Å²) in [5, 5.41) is 21.2. The second kappa shape index (κ2) is 5.38. The van der Waals surface area contributed by atoms with Gasteiger partial charge in [0.1, 0.15) is 5.60 Å². The maximum atomic E-state index is 11.9. The van der Waals surface area contributed by atoms with Crippen LogP contribution in [0.3, 0.4) is 0 Å². The van der Waals surface area contributed by atoms with Crippen LogP contribution in [-0.4, -0.2) is 34.9 Å². The summed E-state index contributed by atoms with van der Waals surface area (Å²) in [6, 6.07) is 1.96. The predicted octanol–water partition coefficient (Wildman–Crippen LogP) is 1.10. The fourth-order valence-corrected chi connectivity index (χ4v) is 3.19. The van der Waals surface area contributed by atoms with Crippen molar-refractivity contribution >= 4 is 17.2 Å². The summed E-state index contributed by atoms with van der Waals surface area (Å²) in [5.74, 6) is -0.164. The molecule has 1 aliphatic rings. The molecule has 100 valence electrons. The zero-order valence-electron chi connectivity index (χ0n) is 10.5. The van der Waals surface area contributed by atoms with Gasteiger partial charge >= 0.3 is 0 Å². The highest BCUT2D eigenvalue weighted by Gasteiger charge is 2.22. The highest BCUT2D eigenvalue weighted by Crippen LogP contribution is 2.29. The molecule has 1 heterocycles. The molecule has 0 bridgehead atoms. The van der Waals surface area contributed by atoms with Crippen LogP contribution in [0.4, 0.5) is 0 Å². The number of carbonyl (C=O) groups excluding carboxylic acids is 1. The van der Waals surface area contributed by atoms with Crippen molar-refractivity contribution in [3.63, 3.8) is 0 Å². The number of hydrogen-bond donors (Lipinski definition) is 3. The fourth-order valence-electron chi connectivity index (χ4n) is 2.02. The van der Waals surface area contributed by atoms with Crippen LogP contribution >= 0.6 is 11.3 Å². The number of hydrogen-bond acceptors (Lipinski definition) is 4. The van der Waals surface area contributed by atoms with Gasteiger partial charge in [-0.05, 0) is 44.2 Å². The average Bonchev–Trinajstić information content (AvgIpc) is 2.80. The van der Waals surface area contributed by atoms with Gasteiger partial charge in [0.25, 0.3) is 5.91 Å². The van der Waals surface area contributed by atoms with Gasteiger partial charge in [0.05, 0.1) is 11.5 Å². The maximum Gasteiger partial charge on any atom is 0.261 e. The van der Waals surface area contributed by atoms with E-state index < -0.39 is 5.60 Å². The maximum absolute atomic E-state index is 11.9. The van der Waals surface area contributed by atoms with Crippen LogP contribution in [0, 0.1) is 0 Å². The van der Waals surface area contributed by atoms with Crippen LogP contribution in [0.5, 0.6) is 0 Å². The van der Waals surface area contributed by atoms with Crippen molar-refractivity contribution in [2.24, 2.45) is 0 Å². The molecule has 0 fully saturated rings. The molecule has 4 nitrogen and oxygen atoms in total. The predicted molar refractivity (Wildman–Crippen MR) is 71.0 cm³/mol. The summed E-state index contributed by atoms with van der Waals surface area (Å²) >= 11 is 1.55. The van der Waals surface area contributed by atoms with Gasteiger partial charge in [-0.2, -0.15) is 0 Å². The number of aliphatic hydroxyl groups is 2. The van der Waals surface area contributed by atoms with Crippen LogP contribution in [0.25, 0.3) is 0 Å². The molecule has 3 N–H and O–H groups in total. The number of amides is 1. The van der Waals surface area contributed by atoms with Gasteiger partial charge in [-0.25, -0.2) is 0 Å². The molecular weight excluding hydrogens is 250 g/mol. The van der Waals surface area contributed by atoms with Gasteiger partial charge in [0.2, 0.25) is 0 Å². The third-order valence-electron chi connectivity index (χ3n) is 3.19. The number of aryl methyl sites for hydroxylation is 2. The average molecular weight is 269 g/mol. The summed E-state index contributed by atoms with van der Waals surface area (Å²) in [6.07, 6.45) is 4.53. The molecule has 1 aromatic rings. The Kier molecular flexibility index (Phi) is 4.04. The van der Waals surface area contributed by atoms with Crippen molar-refractivity contribution in [2.45, 2.75) is 38.2 Å². The van der Waals surface area contributed by atoms with Gasteiger partial charge in [-0.15, -0.1) is 11.3 Å². The zero-order chi connectivity index (χ0) is 13.2. The topological polar surface area (TPSA) is 69.6 Å². The third-order valence-corrected chi connectivity index (χ3v) is 4.43. The highest BCUT2D eigenvalue weighted by atomic mass is 32.1. The molecule has 1 aliphatic carbocycles. The first-order chi connectivity index (χ1) is 8.52. The molecule has 0 aliphatic heterocycles. The lowest BCUT2D eigenvalue weighted by Gasteiger charge is -2.20. The molecule has 0 aromatic carbocycles. The smallest absolute Gasteiger partial charge is 0.261 e. The summed E-state index contributed by atoms with van der Waals surface area (Å²) in [4.78, 5) is 14.0. The second-order valence-corrected chi connectivity index (χ2v) is 6.24. The molecule has 0 saturated carbocycles. The van der Waals surface area contributed by atoms with Gasteiger partial charge in [0.15, 0.2) is 0 Å². The molecular formula is C13H19NO3S. The Labute approximate surface area is 111 Å². The Morgan fingerprint density at radius 2 is 2.22 bits per heavy atom. The molecule has 0 spiro atoms. The lowest BCUT2D eigenvalue weighted by atomic mass is 9.99. The lowest BCUT2D eigenvalue weighted by molar-refractivity contribution is 0.00323. The molecule has 1 atom stereocenters. The van der Waals surface area contributed by atoms with Crippen molar-refractivity contribution in [3.05, 3.63) is 21.4 Å². The normalized spacial score (nSPS) is 17.9. The first-order valence-corrected chi connectivity index (χ1v) is 7.06. The highest BCUT2D eigenvalue weighted by molar-refractivity contribution is 7.14. The molecule has 1 aromatic heterocycles. The van der Waals surface area contributed by atoms with Crippen LogP contribution in [0.1, 0.15) is 39.9 Å². The monoisotopic (exact) mass is 269 g/mol. The number of nitrogens with one attached hydrogen (secondary N) is 1. The van der Waals surface area contributed by atoms with Crippen LogP contribution in [0.15, 0.2) is 6.07 Å². The molecule has 0 radical (unpaired) electrons. The minimum absolute atomic E-state index is 0.0604. The molecule has 2 rings (SSSR count). The van der Waals surface area contributed by atoms with Crippen molar-refractivity contribution in [3.8, 4) is 0 Å². The molecule has 18 heavy (non-hydrogen) atoms. The van der Waals surface area contributed by atoms with E-state index >= 15 is 0 Å². The van der Waals surface area contributed by atoms with E-state index in [4.69, 9.17) is 5.11 Å². The first-order valence-electron chi connectivity index (χ1n) is 6.25.